The van der Waals surface area contributed by atoms with Gasteiger partial charge in [-0.3, -0.25) is 4.79 Å². The predicted octanol–water partition coefficient (Wildman–Crippen LogP) is 1.66. The van der Waals surface area contributed by atoms with Crippen molar-refractivity contribution in [2.24, 2.45) is 5.10 Å². The van der Waals surface area contributed by atoms with Crippen molar-refractivity contribution in [1.29, 1.82) is 0 Å². The maximum Gasteiger partial charge on any atom is 0.428 e. The third kappa shape index (κ3) is 6.81. The van der Waals surface area contributed by atoms with Crippen LogP contribution in [0.3, 0.4) is 0 Å². The van der Waals surface area contributed by atoms with E-state index in [9.17, 15) is 14.4 Å². The van der Waals surface area contributed by atoms with E-state index in [0.717, 1.165) is 5.01 Å². The minimum atomic E-state index is -0.820. The number of carbonyl (C=O) groups excluding carboxylic acids is 3. The molecule has 0 radical (unpaired) electrons. The average Bonchev–Trinajstić information content (AvgIpc) is 2.64. The minimum absolute atomic E-state index is 0.0201. The maximum atomic E-state index is 11.7. The molecule has 3 amide bonds. The second-order valence-corrected chi connectivity index (χ2v) is 6.70. The molecule has 0 spiro atoms. The van der Waals surface area contributed by atoms with Crippen LogP contribution in [0, 0.1) is 0 Å². The number of amides is 3. The molecule has 1 aliphatic rings. The molecule has 0 bridgehead atoms. The third-order valence-corrected chi connectivity index (χ3v) is 2.09. The van der Waals surface area contributed by atoms with Gasteiger partial charge in [0.15, 0.2) is 5.84 Å². The van der Waals surface area contributed by atoms with E-state index in [1.165, 1.54) is 12.2 Å². The summed E-state index contributed by atoms with van der Waals surface area (Å²) in [7, 11) is 0. The standard InChI is InChI=1S/C14H22N4O5/c1-13(2,3)22-11(20)16-15-9-7-8-10(19)18(9)17-12(21)23-14(4,5)6/h7-8H,1-6H3,(H,16,20)(H,17,21)/b15-9-. The number of hydrogen-bond donors (Lipinski definition) is 2. The summed E-state index contributed by atoms with van der Waals surface area (Å²) in [5.74, 6) is -0.507. The molecule has 9 heteroatoms. The molecule has 1 heterocycles. The topological polar surface area (TPSA) is 109 Å². The van der Waals surface area contributed by atoms with Crippen LogP contribution in [0.2, 0.25) is 0 Å². The molecule has 128 valence electrons. The minimum Gasteiger partial charge on any atom is -0.443 e. The molecule has 1 aliphatic heterocycles. The summed E-state index contributed by atoms with van der Waals surface area (Å²) < 4.78 is 10.1. The molecule has 0 saturated carbocycles. The first kappa shape index (κ1) is 18.5. The molecule has 0 fully saturated rings. The van der Waals surface area contributed by atoms with Crippen molar-refractivity contribution >= 4 is 23.9 Å². The summed E-state index contributed by atoms with van der Waals surface area (Å²) >= 11 is 0. The second-order valence-electron chi connectivity index (χ2n) is 6.70. The molecular formula is C14H22N4O5. The molecule has 0 aromatic rings. The number of nitrogens with zero attached hydrogens (tertiary/aromatic N) is 2. The van der Waals surface area contributed by atoms with Crippen LogP contribution in [0.5, 0.6) is 0 Å². The molecule has 0 unspecified atom stereocenters. The highest BCUT2D eigenvalue weighted by atomic mass is 16.6. The van der Waals surface area contributed by atoms with E-state index in [0.29, 0.717) is 0 Å². The summed E-state index contributed by atoms with van der Waals surface area (Å²) in [4.78, 5) is 34.9. The van der Waals surface area contributed by atoms with E-state index in [2.05, 4.69) is 16.0 Å². The monoisotopic (exact) mass is 326 g/mol. The molecule has 0 saturated heterocycles. The van der Waals surface area contributed by atoms with Crippen LogP contribution in [0.1, 0.15) is 41.5 Å². The molecule has 9 nitrogen and oxygen atoms in total. The fourth-order valence-corrected chi connectivity index (χ4v) is 1.40. The van der Waals surface area contributed by atoms with Gasteiger partial charge in [-0.05, 0) is 47.6 Å². The molecule has 2 N–H and O–H groups in total. The number of hydrazine groups is 1. The maximum absolute atomic E-state index is 11.7. The van der Waals surface area contributed by atoms with E-state index in [4.69, 9.17) is 9.47 Å². The number of carbonyl (C=O) groups is 3. The number of ether oxygens (including phenoxy) is 2. The zero-order valence-corrected chi connectivity index (χ0v) is 14.1. The second kappa shape index (κ2) is 6.67. The predicted molar refractivity (Wildman–Crippen MR) is 82.2 cm³/mol. The van der Waals surface area contributed by atoms with Crippen LogP contribution in [0.15, 0.2) is 17.3 Å². The van der Waals surface area contributed by atoms with Crippen LogP contribution in [-0.2, 0) is 14.3 Å². The van der Waals surface area contributed by atoms with Crippen LogP contribution in [0.25, 0.3) is 0 Å². The summed E-state index contributed by atoms with van der Waals surface area (Å²) in [5.41, 5.74) is 2.99. The van der Waals surface area contributed by atoms with Gasteiger partial charge in [-0.15, -0.1) is 5.10 Å². The lowest BCUT2D eigenvalue weighted by Crippen LogP contribution is -2.48. The van der Waals surface area contributed by atoms with Crippen LogP contribution >= 0.6 is 0 Å². The van der Waals surface area contributed by atoms with E-state index in [-0.39, 0.29) is 5.84 Å². The Labute approximate surface area is 134 Å². The van der Waals surface area contributed by atoms with Gasteiger partial charge in [-0.1, -0.05) is 0 Å². The van der Waals surface area contributed by atoms with Gasteiger partial charge in [0.1, 0.15) is 11.2 Å². The largest absolute Gasteiger partial charge is 0.443 e. The van der Waals surface area contributed by atoms with Crippen LogP contribution < -0.4 is 10.9 Å². The Bertz CT molecular complexity index is 554. The highest BCUT2D eigenvalue weighted by Gasteiger charge is 2.27. The average molecular weight is 326 g/mol. The summed E-state index contributed by atoms with van der Waals surface area (Å²) in [6, 6.07) is 0. The van der Waals surface area contributed by atoms with E-state index in [1.54, 1.807) is 41.5 Å². The Morgan fingerprint density at radius 1 is 1.00 bits per heavy atom. The first-order valence-corrected chi connectivity index (χ1v) is 6.96. The van der Waals surface area contributed by atoms with E-state index in [1.807, 2.05) is 0 Å². The van der Waals surface area contributed by atoms with Crippen molar-refractivity contribution in [3.63, 3.8) is 0 Å². The smallest absolute Gasteiger partial charge is 0.428 e. The SMILES string of the molecule is CC(C)(C)OC(=O)N/N=C1/C=CC(=O)N1NC(=O)OC(C)(C)C. The summed E-state index contributed by atoms with van der Waals surface area (Å²) in [6.45, 7) is 10.2. The first-order valence-electron chi connectivity index (χ1n) is 6.96. The van der Waals surface area contributed by atoms with Gasteiger partial charge in [-0.2, -0.15) is 5.01 Å². The van der Waals surface area contributed by atoms with Gasteiger partial charge in [-0.25, -0.2) is 20.4 Å². The first-order chi connectivity index (χ1) is 10.4. The Kier molecular flexibility index (Phi) is 5.36. The van der Waals surface area contributed by atoms with Gasteiger partial charge in [0.05, 0.1) is 0 Å². The molecular weight excluding hydrogens is 304 g/mol. The van der Waals surface area contributed by atoms with Gasteiger partial charge in [0.25, 0.3) is 5.91 Å². The summed E-state index contributed by atoms with van der Waals surface area (Å²) in [6.07, 6.45) is 0.916. The highest BCUT2D eigenvalue weighted by Crippen LogP contribution is 2.09. The third-order valence-electron chi connectivity index (χ3n) is 2.09. The van der Waals surface area contributed by atoms with Crippen LogP contribution in [0.4, 0.5) is 9.59 Å². The Hall–Kier alpha value is -2.58. The number of rotatable bonds is 2. The molecule has 0 aliphatic carbocycles. The Morgan fingerprint density at radius 3 is 2.04 bits per heavy atom. The molecule has 1 rings (SSSR count). The van der Waals surface area contributed by atoms with Crippen molar-refractivity contribution < 1.29 is 23.9 Å². The fourth-order valence-electron chi connectivity index (χ4n) is 1.40. The van der Waals surface area contributed by atoms with Crippen molar-refractivity contribution in [2.45, 2.75) is 52.7 Å². The van der Waals surface area contributed by atoms with Crippen molar-refractivity contribution in [1.82, 2.24) is 15.9 Å². The van der Waals surface area contributed by atoms with Gasteiger partial charge >= 0.3 is 12.2 Å². The lowest BCUT2D eigenvalue weighted by atomic mass is 10.2. The molecule has 23 heavy (non-hydrogen) atoms. The quantitative estimate of drug-likeness (QED) is 0.750. The number of hydrogen-bond acceptors (Lipinski definition) is 6. The van der Waals surface area contributed by atoms with Gasteiger partial charge in [0, 0.05) is 6.08 Å². The van der Waals surface area contributed by atoms with Gasteiger partial charge in [0.2, 0.25) is 0 Å². The lowest BCUT2D eigenvalue weighted by Gasteiger charge is -2.23. The normalized spacial score (nSPS) is 16.5. The van der Waals surface area contributed by atoms with Crippen molar-refractivity contribution in [3.05, 3.63) is 12.2 Å². The fraction of sp³-hybridized carbons (Fsp3) is 0.571. The molecule has 0 aromatic carbocycles. The zero-order valence-electron chi connectivity index (χ0n) is 14.1. The molecule has 0 atom stereocenters. The van der Waals surface area contributed by atoms with Crippen molar-refractivity contribution in [3.8, 4) is 0 Å². The number of hydrazone groups is 1. The number of nitrogens with one attached hydrogen (secondary N) is 2. The van der Waals surface area contributed by atoms with E-state index >= 15 is 0 Å². The zero-order chi connectivity index (χ0) is 17.8. The highest BCUT2D eigenvalue weighted by molar-refractivity contribution is 6.15. The number of amidine groups is 1. The Morgan fingerprint density at radius 2 is 1.52 bits per heavy atom. The van der Waals surface area contributed by atoms with Gasteiger partial charge < -0.3 is 9.47 Å². The van der Waals surface area contributed by atoms with Crippen LogP contribution in [-0.4, -0.2) is 40.1 Å². The Balaban J connectivity index is 2.68. The summed E-state index contributed by atoms with van der Waals surface area (Å²) in [5, 5.41) is 4.58. The molecule has 0 aromatic heterocycles. The van der Waals surface area contributed by atoms with Crippen molar-refractivity contribution in [2.75, 3.05) is 0 Å². The van der Waals surface area contributed by atoms with E-state index < -0.39 is 29.3 Å². The lowest BCUT2D eigenvalue weighted by molar-refractivity contribution is -0.124.